The molecule has 0 unspecified atom stereocenters. The molecule has 0 radical (unpaired) electrons. The summed E-state index contributed by atoms with van der Waals surface area (Å²) in [5.74, 6) is 0.324. The molecule has 0 amide bonds. The Bertz CT molecular complexity index is 292. The average molecular weight is 178 g/mol. The summed E-state index contributed by atoms with van der Waals surface area (Å²) < 4.78 is 5.74. The molecule has 1 saturated carbocycles. The van der Waals surface area contributed by atoms with E-state index >= 15 is 0 Å². The van der Waals surface area contributed by atoms with Crippen LogP contribution in [0, 0.1) is 5.41 Å². The predicted octanol–water partition coefficient (Wildman–Crippen LogP) is 1.84. The number of ketones is 1. The first-order valence-electron chi connectivity index (χ1n) is 5.17. The summed E-state index contributed by atoms with van der Waals surface area (Å²) >= 11 is 0. The van der Waals surface area contributed by atoms with Crippen LogP contribution in [0.15, 0.2) is 11.6 Å². The Kier molecular flexibility index (Phi) is 1.46. The van der Waals surface area contributed by atoms with E-state index in [-0.39, 0.29) is 5.41 Å². The normalized spacial score (nSPS) is 42.9. The molecular weight excluding hydrogens is 164 g/mol. The summed E-state index contributed by atoms with van der Waals surface area (Å²) in [6, 6.07) is 0. The molecule has 0 bridgehead atoms. The summed E-state index contributed by atoms with van der Waals surface area (Å²) in [5.41, 5.74) is 1.46. The Balaban J connectivity index is 2.02. The highest BCUT2D eigenvalue weighted by atomic mass is 16.5. The van der Waals surface area contributed by atoms with E-state index in [0.717, 1.165) is 19.4 Å². The lowest BCUT2D eigenvalue weighted by atomic mass is 9.69. The maximum atomic E-state index is 11.4. The summed E-state index contributed by atoms with van der Waals surface area (Å²) in [6.07, 6.45) is 7.80. The fourth-order valence-electron chi connectivity index (χ4n) is 3.21. The third-order valence-electron chi connectivity index (χ3n) is 3.86. The van der Waals surface area contributed by atoms with E-state index in [9.17, 15) is 4.79 Å². The molecule has 2 heteroatoms. The van der Waals surface area contributed by atoms with E-state index in [1.54, 1.807) is 0 Å². The van der Waals surface area contributed by atoms with Crippen molar-refractivity contribution in [3.05, 3.63) is 11.6 Å². The maximum absolute atomic E-state index is 11.4. The summed E-state index contributed by atoms with van der Waals surface area (Å²) in [7, 11) is 0. The summed E-state index contributed by atoms with van der Waals surface area (Å²) in [5, 5.41) is 0. The van der Waals surface area contributed by atoms with Gasteiger partial charge in [-0.05, 0) is 24.5 Å². The molecule has 1 aliphatic heterocycles. The van der Waals surface area contributed by atoms with Crippen molar-refractivity contribution in [1.82, 2.24) is 0 Å². The number of carbonyl (C=O) groups is 1. The number of ether oxygens (including phenoxy) is 1. The highest BCUT2D eigenvalue weighted by Crippen LogP contribution is 2.53. The predicted molar refractivity (Wildman–Crippen MR) is 48.3 cm³/mol. The molecular formula is C11H14O2. The Morgan fingerprint density at radius 1 is 1.46 bits per heavy atom. The second kappa shape index (κ2) is 2.44. The summed E-state index contributed by atoms with van der Waals surface area (Å²) in [6.45, 7) is 0.719. The van der Waals surface area contributed by atoms with Gasteiger partial charge in [0.15, 0.2) is 5.78 Å². The Labute approximate surface area is 78.0 Å². The Morgan fingerprint density at radius 2 is 2.38 bits per heavy atom. The van der Waals surface area contributed by atoms with Gasteiger partial charge in [-0.3, -0.25) is 4.79 Å². The van der Waals surface area contributed by atoms with Gasteiger partial charge in [-0.25, -0.2) is 0 Å². The van der Waals surface area contributed by atoms with Crippen molar-refractivity contribution in [2.24, 2.45) is 5.41 Å². The van der Waals surface area contributed by atoms with Gasteiger partial charge < -0.3 is 4.74 Å². The van der Waals surface area contributed by atoms with Crippen molar-refractivity contribution < 1.29 is 9.53 Å². The van der Waals surface area contributed by atoms with Crippen LogP contribution in [-0.4, -0.2) is 18.5 Å². The number of allylic oxidation sites excluding steroid dienone is 1. The van der Waals surface area contributed by atoms with Crippen LogP contribution in [0.2, 0.25) is 0 Å². The minimum absolute atomic E-state index is 0.162. The van der Waals surface area contributed by atoms with Crippen molar-refractivity contribution in [2.75, 3.05) is 6.61 Å². The number of hydrogen-bond donors (Lipinski definition) is 0. The van der Waals surface area contributed by atoms with Crippen molar-refractivity contribution in [1.29, 1.82) is 0 Å². The van der Waals surface area contributed by atoms with Gasteiger partial charge >= 0.3 is 0 Å². The van der Waals surface area contributed by atoms with Crippen LogP contribution in [-0.2, 0) is 9.53 Å². The lowest BCUT2D eigenvalue weighted by molar-refractivity contribution is -0.117. The van der Waals surface area contributed by atoms with Crippen molar-refractivity contribution in [3.8, 4) is 0 Å². The molecule has 2 atom stereocenters. The van der Waals surface area contributed by atoms with E-state index in [1.807, 2.05) is 6.08 Å². The van der Waals surface area contributed by atoms with Gasteiger partial charge in [0.05, 0.1) is 12.7 Å². The van der Waals surface area contributed by atoms with Gasteiger partial charge in [0.2, 0.25) is 0 Å². The number of hydrogen-bond acceptors (Lipinski definition) is 2. The zero-order valence-electron chi connectivity index (χ0n) is 7.71. The van der Waals surface area contributed by atoms with Crippen LogP contribution < -0.4 is 0 Å². The van der Waals surface area contributed by atoms with Gasteiger partial charge in [-0.2, -0.15) is 0 Å². The van der Waals surface area contributed by atoms with Crippen molar-refractivity contribution in [2.45, 2.75) is 38.2 Å². The average Bonchev–Trinajstić information content (AvgIpc) is 2.57. The van der Waals surface area contributed by atoms with Crippen LogP contribution in [0.1, 0.15) is 32.1 Å². The molecule has 0 aromatic heterocycles. The molecule has 0 N–H and O–H groups in total. The SMILES string of the molecule is O=C1C=C2CO[C@H]3CCCC[C@@]23C1. The second-order valence-corrected chi connectivity index (χ2v) is 4.51. The van der Waals surface area contributed by atoms with E-state index in [0.29, 0.717) is 11.9 Å². The fraction of sp³-hybridized carbons (Fsp3) is 0.727. The first-order chi connectivity index (χ1) is 6.31. The Hall–Kier alpha value is -0.630. The first kappa shape index (κ1) is 7.74. The fourth-order valence-corrected chi connectivity index (χ4v) is 3.21. The van der Waals surface area contributed by atoms with Gasteiger partial charge in [0.25, 0.3) is 0 Å². The van der Waals surface area contributed by atoms with Gasteiger partial charge in [-0.15, -0.1) is 0 Å². The molecule has 0 aromatic rings. The van der Waals surface area contributed by atoms with Crippen LogP contribution in [0.25, 0.3) is 0 Å². The third-order valence-corrected chi connectivity index (χ3v) is 3.86. The van der Waals surface area contributed by atoms with Crippen molar-refractivity contribution in [3.63, 3.8) is 0 Å². The number of rotatable bonds is 0. The lowest BCUT2D eigenvalue weighted by Crippen LogP contribution is -2.34. The van der Waals surface area contributed by atoms with Crippen molar-refractivity contribution >= 4 is 5.78 Å². The Morgan fingerprint density at radius 3 is 3.31 bits per heavy atom. The lowest BCUT2D eigenvalue weighted by Gasteiger charge is -2.35. The molecule has 2 fully saturated rings. The quantitative estimate of drug-likeness (QED) is 0.565. The molecule has 0 aromatic carbocycles. The van der Waals surface area contributed by atoms with Crippen LogP contribution in [0.5, 0.6) is 0 Å². The van der Waals surface area contributed by atoms with E-state index < -0.39 is 0 Å². The summed E-state index contributed by atoms with van der Waals surface area (Å²) in [4.78, 5) is 11.4. The molecule has 1 heterocycles. The minimum Gasteiger partial charge on any atom is -0.373 e. The molecule has 1 spiro atoms. The van der Waals surface area contributed by atoms with Crippen LogP contribution in [0.3, 0.4) is 0 Å². The molecule has 2 nitrogen and oxygen atoms in total. The van der Waals surface area contributed by atoms with Gasteiger partial charge in [0, 0.05) is 11.8 Å². The van der Waals surface area contributed by atoms with Crippen LogP contribution >= 0.6 is 0 Å². The monoisotopic (exact) mass is 178 g/mol. The molecule has 2 aliphatic carbocycles. The molecule has 3 rings (SSSR count). The van der Waals surface area contributed by atoms with E-state index in [4.69, 9.17) is 4.74 Å². The molecule has 13 heavy (non-hydrogen) atoms. The third kappa shape index (κ3) is 0.896. The topological polar surface area (TPSA) is 26.3 Å². The van der Waals surface area contributed by atoms with Crippen LogP contribution in [0.4, 0.5) is 0 Å². The maximum Gasteiger partial charge on any atom is 0.156 e. The standard InChI is InChI=1S/C11H14O2/c12-9-5-8-7-13-10-3-1-2-4-11(8,10)6-9/h5,10H,1-4,6-7H2/t10-,11+/m0/s1. The van der Waals surface area contributed by atoms with Gasteiger partial charge in [-0.1, -0.05) is 12.8 Å². The molecule has 1 saturated heterocycles. The minimum atomic E-state index is 0.162. The highest BCUT2D eigenvalue weighted by molar-refractivity contribution is 5.94. The van der Waals surface area contributed by atoms with E-state index in [2.05, 4.69) is 0 Å². The van der Waals surface area contributed by atoms with E-state index in [1.165, 1.54) is 24.8 Å². The smallest absolute Gasteiger partial charge is 0.156 e. The first-order valence-corrected chi connectivity index (χ1v) is 5.17. The zero-order valence-corrected chi connectivity index (χ0v) is 7.71. The highest BCUT2D eigenvalue weighted by Gasteiger charge is 2.52. The number of carbonyl (C=O) groups excluding carboxylic acids is 1. The zero-order chi connectivity index (χ0) is 8.89. The largest absolute Gasteiger partial charge is 0.373 e. The molecule has 3 aliphatic rings. The molecule has 70 valence electrons. The second-order valence-electron chi connectivity index (χ2n) is 4.51. The van der Waals surface area contributed by atoms with Gasteiger partial charge in [0.1, 0.15) is 0 Å².